The minimum absolute atomic E-state index is 0.00509. The minimum atomic E-state index is -4.50. The van der Waals surface area contributed by atoms with Crippen LogP contribution in [0.5, 0.6) is 11.6 Å². The summed E-state index contributed by atoms with van der Waals surface area (Å²) in [6.45, 7) is 1.87. The van der Waals surface area contributed by atoms with Gasteiger partial charge >= 0.3 is 6.18 Å². The van der Waals surface area contributed by atoms with E-state index in [2.05, 4.69) is 25.9 Å². The summed E-state index contributed by atoms with van der Waals surface area (Å²) in [7, 11) is 0. The molecule has 3 nitrogen and oxygen atoms in total. The van der Waals surface area contributed by atoms with Crippen molar-refractivity contribution in [3.63, 3.8) is 0 Å². The van der Waals surface area contributed by atoms with Crippen LogP contribution in [0.3, 0.4) is 0 Å². The molecule has 19 heavy (non-hydrogen) atoms. The van der Waals surface area contributed by atoms with E-state index in [9.17, 15) is 13.2 Å². The monoisotopic (exact) mass is 332 g/mol. The first-order valence-corrected chi connectivity index (χ1v) is 5.98. The third kappa shape index (κ3) is 3.66. The summed E-state index contributed by atoms with van der Waals surface area (Å²) in [5.74, 6) is 0.478. The summed E-state index contributed by atoms with van der Waals surface area (Å²) in [6, 6.07) is 5.31. The molecule has 0 saturated heterocycles. The van der Waals surface area contributed by atoms with Crippen molar-refractivity contribution in [2.24, 2.45) is 0 Å². The van der Waals surface area contributed by atoms with E-state index in [1.54, 1.807) is 12.1 Å². The smallest absolute Gasteiger partial charge is 0.434 e. The molecule has 0 aliphatic heterocycles. The summed E-state index contributed by atoms with van der Waals surface area (Å²) < 4.78 is 43.1. The van der Waals surface area contributed by atoms with Crippen molar-refractivity contribution in [2.45, 2.75) is 13.1 Å². The Balaban J connectivity index is 2.20. The Hall–Kier alpha value is -1.63. The summed E-state index contributed by atoms with van der Waals surface area (Å²) >= 11 is 3.30. The van der Waals surface area contributed by atoms with E-state index in [-0.39, 0.29) is 5.88 Å². The maximum absolute atomic E-state index is 12.3. The van der Waals surface area contributed by atoms with E-state index >= 15 is 0 Å². The molecular formula is C12H8BrF3N2O. The van der Waals surface area contributed by atoms with E-state index in [1.165, 1.54) is 0 Å². The molecule has 100 valence electrons. The number of benzene rings is 1. The second-order valence-corrected chi connectivity index (χ2v) is 4.72. The molecule has 0 unspecified atom stereocenters. The lowest BCUT2D eigenvalue weighted by Gasteiger charge is -2.08. The number of nitrogens with zero attached hydrogens (tertiary/aromatic N) is 2. The number of aromatic nitrogens is 2. The molecule has 1 aromatic heterocycles. The lowest BCUT2D eigenvalue weighted by Crippen LogP contribution is -2.08. The van der Waals surface area contributed by atoms with Crippen LogP contribution in [0, 0.1) is 6.92 Å². The molecule has 1 heterocycles. The number of alkyl halides is 3. The molecule has 2 rings (SSSR count). The Morgan fingerprint density at radius 3 is 2.37 bits per heavy atom. The molecule has 7 heteroatoms. The van der Waals surface area contributed by atoms with Gasteiger partial charge in [-0.3, -0.25) is 0 Å². The zero-order chi connectivity index (χ0) is 14.0. The van der Waals surface area contributed by atoms with Crippen molar-refractivity contribution in [3.8, 4) is 11.6 Å². The lowest BCUT2D eigenvalue weighted by molar-refractivity contribution is -0.141. The van der Waals surface area contributed by atoms with E-state index in [0.29, 0.717) is 11.9 Å². The second kappa shape index (κ2) is 5.16. The fourth-order valence-electron chi connectivity index (χ4n) is 1.40. The van der Waals surface area contributed by atoms with Gasteiger partial charge in [-0.25, -0.2) is 9.97 Å². The van der Waals surface area contributed by atoms with Gasteiger partial charge in [0.05, 0.1) is 12.4 Å². The highest BCUT2D eigenvalue weighted by Crippen LogP contribution is 2.28. The predicted molar refractivity (Wildman–Crippen MR) is 66.0 cm³/mol. The predicted octanol–water partition coefficient (Wildman–Crippen LogP) is 4.36. The highest BCUT2D eigenvalue weighted by molar-refractivity contribution is 9.10. The Kier molecular flexibility index (Phi) is 3.75. The number of hydrogen-bond acceptors (Lipinski definition) is 3. The molecular weight excluding hydrogens is 325 g/mol. The maximum Gasteiger partial charge on any atom is 0.434 e. The van der Waals surface area contributed by atoms with Crippen LogP contribution in [-0.2, 0) is 6.18 Å². The topological polar surface area (TPSA) is 35.0 Å². The van der Waals surface area contributed by atoms with Crippen LogP contribution >= 0.6 is 15.9 Å². The molecule has 0 N–H and O–H groups in total. The third-order valence-corrected chi connectivity index (χ3v) is 2.61. The minimum Gasteiger partial charge on any atom is -0.437 e. The highest BCUT2D eigenvalue weighted by atomic mass is 79.9. The van der Waals surface area contributed by atoms with Gasteiger partial charge in [-0.05, 0) is 30.7 Å². The molecule has 2 aromatic rings. The van der Waals surface area contributed by atoms with Crippen LogP contribution in [0.25, 0.3) is 0 Å². The molecule has 0 atom stereocenters. The molecule has 0 radical (unpaired) electrons. The zero-order valence-electron chi connectivity index (χ0n) is 9.70. The highest BCUT2D eigenvalue weighted by Gasteiger charge is 2.32. The van der Waals surface area contributed by atoms with Gasteiger partial charge in [0.25, 0.3) is 0 Å². The zero-order valence-corrected chi connectivity index (χ0v) is 11.3. The van der Waals surface area contributed by atoms with Gasteiger partial charge < -0.3 is 4.74 Å². The Morgan fingerprint density at radius 2 is 1.84 bits per heavy atom. The van der Waals surface area contributed by atoms with Crippen LogP contribution in [-0.4, -0.2) is 9.97 Å². The average molecular weight is 333 g/mol. The largest absolute Gasteiger partial charge is 0.437 e. The van der Waals surface area contributed by atoms with Crippen LogP contribution in [0.4, 0.5) is 13.2 Å². The van der Waals surface area contributed by atoms with Crippen molar-refractivity contribution in [3.05, 3.63) is 46.3 Å². The van der Waals surface area contributed by atoms with Crippen molar-refractivity contribution >= 4 is 15.9 Å². The molecule has 0 bridgehead atoms. The standard InChI is InChI=1S/C12H8BrF3N2O/c1-7-2-8(13)4-9(3-7)19-11-6-17-10(5-18-11)12(14,15)16/h2-6H,1H3. The number of rotatable bonds is 2. The number of ether oxygens (including phenoxy) is 1. The fraction of sp³-hybridized carbons (Fsp3) is 0.167. The fourth-order valence-corrected chi connectivity index (χ4v) is 1.98. The number of halogens is 4. The third-order valence-electron chi connectivity index (χ3n) is 2.16. The molecule has 0 amide bonds. The summed E-state index contributed by atoms with van der Waals surface area (Å²) in [4.78, 5) is 6.85. The molecule has 0 spiro atoms. The van der Waals surface area contributed by atoms with Gasteiger partial charge in [-0.2, -0.15) is 13.2 Å². The van der Waals surface area contributed by atoms with Gasteiger partial charge in [-0.1, -0.05) is 15.9 Å². The van der Waals surface area contributed by atoms with Gasteiger partial charge in [0, 0.05) is 4.47 Å². The number of aryl methyl sites for hydroxylation is 1. The molecule has 1 aromatic carbocycles. The molecule has 0 saturated carbocycles. The average Bonchev–Trinajstić information content (AvgIpc) is 2.26. The first-order chi connectivity index (χ1) is 8.84. The number of hydrogen-bond donors (Lipinski definition) is 0. The van der Waals surface area contributed by atoms with Crippen LogP contribution in [0.2, 0.25) is 0 Å². The molecule has 0 aliphatic carbocycles. The Labute approximate surface area is 115 Å². The van der Waals surface area contributed by atoms with Crippen molar-refractivity contribution < 1.29 is 17.9 Å². The normalized spacial score (nSPS) is 11.4. The summed E-state index contributed by atoms with van der Waals surface area (Å²) in [5.41, 5.74) is -0.102. The Bertz CT molecular complexity index is 564. The van der Waals surface area contributed by atoms with Crippen molar-refractivity contribution in [2.75, 3.05) is 0 Å². The SMILES string of the molecule is Cc1cc(Br)cc(Oc2cnc(C(F)(F)F)cn2)c1. The van der Waals surface area contributed by atoms with Crippen LogP contribution in [0.1, 0.15) is 11.3 Å². The van der Waals surface area contributed by atoms with E-state index < -0.39 is 11.9 Å². The van der Waals surface area contributed by atoms with Gasteiger partial charge in [0.1, 0.15) is 5.75 Å². The maximum atomic E-state index is 12.3. The van der Waals surface area contributed by atoms with E-state index in [1.807, 2.05) is 13.0 Å². The summed E-state index contributed by atoms with van der Waals surface area (Å²) in [5, 5.41) is 0. The molecule has 0 fully saturated rings. The molecule has 0 aliphatic rings. The van der Waals surface area contributed by atoms with E-state index in [0.717, 1.165) is 16.2 Å². The Morgan fingerprint density at radius 1 is 1.11 bits per heavy atom. The summed E-state index contributed by atoms with van der Waals surface area (Å²) in [6.07, 6.45) is -2.92. The van der Waals surface area contributed by atoms with Crippen LogP contribution < -0.4 is 4.74 Å². The lowest BCUT2D eigenvalue weighted by atomic mass is 10.2. The van der Waals surface area contributed by atoms with Gasteiger partial charge in [0.2, 0.25) is 5.88 Å². The first kappa shape index (κ1) is 13.8. The second-order valence-electron chi connectivity index (χ2n) is 3.80. The quantitative estimate of drug-likeness (QED) is 0.819. The van der Waals surface area contributed by atoms with E-state index in [4.69, 9.17) is 4.74 Å². The first-order valence-electron chi connectivity index (χ1n) is 5.19. The van der Waals surface area contributed by atoms with Crippen LogP contribution in [0.15, 0.2) is 35.1 Å². The van der Waals surface area contributed by atoms with Gasteiger partial charge in [0.15, 0.2) is 5.69 Å². The van der Waals surface area contributed by atoms with Crippen molar-refractivity contribution in [1.82, 2.24) is 9.97 Å². The van der Waals surface area contributed by atoms with Crippen molar-refractivity contribution in [1.29, 1.82) is 0 Å². The van der Waals surface area contributed by atoms with Gasteiger partial charge in [-0.15, -0.1) is 0 Å².